The molecule has 2 aromatic rings. The van der Waals surface area contributed by atoms with Crippen molar-refractivity contribution < 1.29 is 9.53 Å². The maximum Gasteiger partial charge on any atom is 0.187 e. The van der Waals surface area contributed by atoms with Crippen molar-refractivity contribution in [3.63, 3.8) is 0 Å². The third-order valence-corrected chi connectivity index (χ3v) is 3.17. The lowest BCUT2D eigenvalue weighted by Gasteiger charge is -2.10. The van der Waals surface area contributed by atoms with Gasteiger partial charge in [0.2, 0.25) is 0 Å². The van der Waals surface area contributed by atoms with Crippen LogP contribution in [0.4, 0.5) is 5.69 Å². The maximum absolute atomic E-state index is 12.1. The molecule has 3 nitrogen and oxygen atoms in total. The van der Waals surface area contributed by atoms with E-state index in [0.29, 0.717) is 10.6 Å². The second-order valence-electron chi connectivity index (χ2n) is 4.52. The van der Waals surface area contributed by atoms with Crippen LogP contribution in [0.1, 0.15) is 17.3 Å². The Kier molecular flexibility index (Phi) is 5.01. The summed E-state index contributed by atoms with van der Waals surface area (Å²) in [5.74, 6) is 0.649. The van der Waals surface area contributed by atoms with E-state index in [1.165, 1.54) is 0 Å². The standard InChI is InChI=1S/C17H16ClNO2/c1-12(19-15-5-3-4-6-17(15)21-2)11-16(20)13-7-9-14(18)10-8-13/h3-11,19H,1-2H3/b12-11+. The Morgan fingerprint density at radius 3 is 2.48 bits per heavy atom. The molecule has 2 rings (SSSR count). The fourth-order valence-electron chi connectivity index (χ4n) is 1.89. The van der Waals surface area contributed by atoms with Crippen LogP contribution in [0, 0.1) is 0 Å². The molecule has 0 aliphatic rings. The molecule has 0 atom stereocenters. The van der Waals surface area contributed by atoms with Crippen LogP contribution in [0.2, 0.25) is 5.02 Å². The first-order valence-electron chi connectivity index (χ1n) is 6.48. The number of ketones is 1. The summed E-state index contributed by atoms with van der Waals surface area (Å²) in [6.07, 6.45) is 1.55. The first-order valence-corrected chi connectivity index (χ1v) is 6.86. The molecule has 0 heterocycles. The minimum Gasteiger partial charge on any atom is -0.495 e. The van der Waals surface area contributed by atoms with Crippen molar-refractivity contribution in [1.29, 1.82) is 0 Å². The molecular weight excluding hydrogens is 286 g/mol. The molecule has 0 spiro atoms. The van der Waals surface area contributed by atoms with Crippen molar-refractivity contribution in [3.8, 4) is 5.75 Å². The van der Waals surface area contributed by atoms with Crippen LogP contribution in [-0.4, -0.2) is 12.9 Å². The first-order chi connectivity index (χ1) is 10.1. The lowest BCUT2D eigenvalue weighted by Crippen LogP contribution is -2.02. The molecule has 108 valence electrons. The normalized spacial score (nSPS) is 11.1. The molecule has 0 aliphatic carbocycles. The third-order valence-electron chi connectivity index (χ3n) is 2.92. The molecule has 0 aliphatic heterocycles. The number of para-hydroxylation sites is 2. The summed E-state index contributed by atoms with van der Waals surface area (Å²) in [7, 11) is 1.61. The molecule has 1 N–H and O–H groups in total. The number of benzene rings is 2. The van der Waals surface area contributed by atoms with Gasteiger partial charge in [0.15, 0.2) is 5.78 Å². The number of allylic oxidation sites excluding steroid dienone is 2. The highest BCUT2D eigenvalue weighted by atomic mass is 35.5. The van der Waals surface area contributed by atoms with Crippen LogP contribution in [0.3, 0.4) is 0 Å². The van der Waals surface area contributed by atoms with Crippen molar-refractivity contribution in [1.82, 2.24) is 0 Å². The average molecular weight is 302 g/mol. The lowest BCUT2D eigenvalue weighted by molar-refractivity contribution is 0.104. The van der Waals surface area contributed by atoms with E-state index < -0.39 is 0 Å². The largest absolute Gasteiger partial charge is 0.495 e. The molecule has 0 unspecified atom stereocenters. The Labute approximate surface area is 129 Å². The van der Waals surface area contributed by atoms with E-state index >= 15 is 0 Å². The third kappa shape index (κ3) is 4.10. The molecule has 0 amide bonds. The van der Waals surface area contributed by atoms with Gasteiger partial charge >= 0.3 is 0 Å². The van der Waals surface area contributed by atoms with E-state index in [9.17, 15) is 4.79 Å². The van der Waals surface area contributed by atoms with E-state index in [4.69, 9.17) is 16.3 Å². The quantitative estimate of drug-likeness (QED) is 0.650. The summed E-state index contributed by atoms with van der Waals surface area (Å²) in [4.78, 5) is 12.1. The molecule has 4 heteroatoms. The zero-order chi connectivity index (χ0) is 15.2. The molecular formula is C17H16ClNO2. The molecule has 0 bridgehead atoms. The minimum absolute atomic E-state index is 0.0773. The van der Waals surface area contributed by atoms with Gasteiger partial charge in [0.05, 0.1) is 12.8 Å². The summed E-state index contributed by atoms with van der Waals surface area (Å²) in [5, 5.41) is 3.77. The van der Waals surface area contributed by atoms with E-state index in [1.54, 1.807) is 37.5 Å². The Bertz CT molecular complexity index is 663. The Balaban J connectivity index is 2.13. The summed E-state index contributed by atoms with van der Waals surface area (Å²) in [6.45, 7) is 1.83. The van der Waals surface area contributed by atoms with Gasteiger partial charge < -0.3 is 10.1 Å². The number of methoxy groups -OCH3 is 1. The number of anilines is 1. The monoisotopic (exact) mass is 301 g/mol. The van der Waals surface area contributed by atoms with Gasteiger partial charge in [0, 0.05) is 22.4 Å². The van der Waals surface area contributed by atoms with Crippen LogP contribution >= 0.6 is 11.6 Å². The summed E-state index contributed by atoms with van der Waals surface area (Å²) in [6, 6.07) is 14.4. The number of halogens is 1. The van der Waals surface area contributed by atoms with Gasteiger partial charge in [-0.25, -0.2) is 0 Å². The molecule has 0 aromatic heterocycles. The number of hydrogen-bond acceptors (Lipinski definition) is 3. The highest BCUT2D eigenvalue weighted by molar-refractivity contribution is 6.30. The van der Waals surface area contributed by atoms with Gasteiger partial charge in [-0.05, 0) is 43.3 Å². The number of hydrogen-bond donors (Lipinski definition) is 1. The average Bonchev–Trinajstić information content (AvgIpc) is 2.48. The smallest absolute Gasteiger partial charge is 0.187 e. The van der Waals surface area contributed by atoms with Crippen LogP contribution < -0.4 is 10.1 Å². The van der Waals surface area contributed by atoms with E-state index in [-0.39, 0.29) is 5.78 Å². The molecule has 0 saturated carbocycles. The summed E-state index contributed by atoms with van der Waals surface area (Å²) >= 11 is 5.81. The fourth-order valence-corrected chi connectivity index (χ4v) is 2.02. The Morgan fingerprint density at radius 1 is 1.14 bits per heavy atom. The van der Waals surface area contributed by atoms with Gasteiger partial charge in [0.25, 0.3) is 0 Å². The van der Waals surface area contributed by atoms with Crippen molar-refractivity contribution in [2.45, 2.75) is 6.92 Å². The van der Waals surface area contributed by atoms with E-state index in [0.717, 1.165) is 17.1 Å². The molecule has 0 radical (unpaired) electrons. The van der Waals surface area contributed by atoms with Crippen LogP contribution in [0.5, 0.6) is 5.75 Å². The van der Waals surface area contributed by atoms with Gasteiger partial charge in [-0.1, -0.05) is 23.7 Å². The number of rotatable bonds is 5. The number of ether oxygens (including phenoxy) is 1. The SMILES string of the molecule is COc1ccccc1N/C(C)=C/C(=O)c1ccc(Cl)cc1. The molecule has 0 saturated heterocycles. The topological polar surface area (TPSA) is 38.3 Å². The van der Waals surface area contributed by atoms with Crippen LogP contribution in [0.25, 0.3) is 0 Å². The maximum atomic E-state index is 12.1. The zero-order valence-corrected chi connectivity index (χ0v) is 12.6. The van der Waals surface area contributed by atoms with Gasteiger partial charge in [-0.15, -0.1) is 0 Å². The van der Waals surface area contributed by atoms with Crippen LogP contribution in [-0.2, 0) is 0 Å². The Morgan fingerprint density at radius 2 is 1.81 bits per heavy atom. The van der Waals surface area contributed by atoms with Gasteiger partial charge in [-0.2, -0.15) is 0 Å². The lowest BCUT2D eigenvalue weighted by atomic mass is 10.1. The van der Waals surface area contributed by atoms with Crippen molar-refractivity contribution in [2.75, 3.05) is 12.4 Å². The van der Waals surface area contributed by atoms with Crippen molar-refractivity contribution in [3.05, 3.63) is 70.9 Å². The summed E-state index contributed by atoms with van der Waals surface area (Å²) in [5.41, 5.74) is 2.15. The first kappa shape index (κ1) is 15.1. The zero-order valence-electron chi connectivity index (χ0n) is 11.9. The minimum atomic E-state index is -0.0773. The number of nitrogens with one attached hydrogen (secondary N) is 1. The Hall–Kier alpha value is -2.26. The summed E-state index contributed by atoms with van der Waals surface area (Å²) < 4.78 is 5.26. The van der Waals surface area contributed by atoms with Crippen molar-refractivity contribution >= 4 is 23.1 Å². The predicted molar refractivity (Wildman–Crippen MR) is 86.2 cm³/mol. The fraction of sp³-hybridized carbons (Fsp3) is 0.118. The molecule has 21 heavy (non-hydrogen) atoms. The number of carbonyl (C=O) groups excluding carboxylic acids is 1. The molecule has 2 aromatic carbocycles. The second-order valence-corrected chi connectivity index (χ2v) is 4.96. The number of carbonyl (C=O) groups is 1. The second kappa shape index (κ2) is 6.95. The highest BCUT2D eigenvalue weighted by Crippen LogP contribution is 2.24. The van der Waals surface area contributed by atoms with Gasteiger partial charge in [-0.3, -0.25) is 4.79 Å². The van der Waals surface area contributed by atoms with Crippen LogP contribution in [0.15, 0.2) is 60.3 Å². The van der Waals surface area contributed by atoms with Gasteiger partial charge in [0.1, 0.15) is 5.75 Å². The predicted octanol–water partition coefficient (Wildman–Crippen LogP) is 4.55. The van der Waals surface area contributed by atoms with E-state index in [2.05, 4.69) is 5.32 Å². The highest BCUT2D eigenvalue weighted by Gasteiger charge is 2.05. The molecule has 0 fully saturated rings. The van der Waals surface area contributed by atoms with Crippen molar-refractivity contribution in [2.24, 2.45) is 0 Å². The van der Waals surface area contributed by atoms with E-state index in [1.807, 2.05) is 31.2 Å².